The Morgan fingerprint density at radius 1 is 0.976 bits per heavy atom. The van der Waals surface area contributed by atoms with Gasteiger partial charge < -0.3 is 20.9 Å². The van der Waals surface area contributed by atoms with Crippen LogP contribution in [0, 0.1) is 22.7 Å². The molecular formula is C32H48N4O6. The molecule has 1 aliphatic heterocycles. The van der Waals surface area contributed by atoms with E-state index >= 15 is 0 Å². The highest BCUT2D eigenvalue weighted by molar-refractivity contribution is 6.45. The SMILES string of the molecule is CC(C)C[C@@H](C(=O)NC(CC1CCNC1=O)C(=O)C(=O)c1ccccc1)N(C)C(=O)[C@@H](NC(=O)C(C)(C)C)C(C)(C)C. The molecule has 0 aliphatic carbocycles. The van der Waals surface area contributed by atoms with E-state index in [9.17, 15) is 28.8 Å². The Kier molecular flexibility index (Phi) is 11.6. The first-order chi connectivity index (χ1) is 19.3. The van der Waals surface area contributed by atoms with Gasteiger partial charge in [-0.15, -0.1) is 0 Å². The first-order valence-electron chi connectivity index (χ1n) is 14.6. The number of nitrogens with one attached hydrogen (secondary N) is 3. The van der Waals surface area contributed by atoms with Crippen LogP contribution in [0.15, 0.2) is 30.3 Å². The second-order valence-electron chi connectivity index (χ2n) is 13.7. The molecule has 10 heteroatoms. The van der Waals surface area contributed by atoms with E-state index in [0.717, 1.165) is 0 Å². The van der Waals surface area contributed by atoms with Crippen LogP contribution in [0.2, 0.25) is 0 Å². The average molecular weight is 585 g/mol. The van der Waals surface area contributed by atoms with Crippen molar-refractivity contribution in [2.75, 3.05) is 13.6 Å². The van der Waals surface area contributed by atoms with Crippen molar-refractivity contribution >= 4 is 35.2 Å². The molecule has 0 bridgehead atoms. The fraction of sp³-hybridized carbons (Fsp3) is 0.625. The third-order valence-corrected chi connectivity index (χ3v) is 7.46. The second kappa shape index (κ2) is 14.1. The number of amides is 4. The van der Waals surface area contributed by atoms with Crippen molar-refractivity contribution in [3.63, 3.8) is 0 Å². The lowest BCUT2D eigenvalue weighted by Gasteiger charge is -2.38. The van der Waals surface area contributed by atoms with Gasteiger partial charge in [0.1, 0.15) is 12.1 Å². The number of likely N-dealkylation sites (N-methyl/N-ethyl adjacent to an activating group) is 1. The molecule has 1 saturated heterocycles. The topological polar surface area (TPSA) is 142 Å². The minimum atomic E-state index is -1.25. The van der Waals surface area contributed by atoms with E-state index in [0.29, 0.717) is 13.0 Å². The first kappa shape index (κ1) is 34.6. The Bertz CT molecular complexity index is 1170. The minimum absolute atomic E-state index is 0.00559. The third-order valence-electron chi connectivity index (χ3n) is 7.46. The van der Waals surface area contributed by atoms with Crippen molar-refractivity contribution in [2.24, 2.45) is 22.7 Å². The lowest BCUT2D eigenvalue weighted by atomic mass is 9.84. The molecular weight excluding hydrogens is 536 g/mol. The monoisotopic (exact) mass is 584 g/mol. The molecule has 4 atom stereocenters. The van der Waals surface area contributed by atoms with Gasteiger partial charge in [0.2, 0.25) is 35.2 Å². The molecule has 4 amide bonds. The molecule has 1 aromatic rings. The van der Waals surface area contributed by atoms with Crippen molar-refractivity contribution < 1.29 is 28.8 Å². The van der Waals surface area contributed by atoms with Crippen LogP contribution in [0.4, 0.5) is 0 Å². The van der Waals surface area contributed by atoms with Crippen molar-refractivity contribution in [3.8, 4) is 0 Å². The van der Waals surface area contributed by atoms with Crippen molar-refractivity contribution in [3.05, 3.63) is 35.9 Å². The smallest absolute Gasteiger partial charge is 0.246 e. The number of nitrogens with zero attached hydrogens (tertiary/aromatic N) is 1. The van der Waals surface area contributed by atoms with Crippen LogP contribution in [-0.2, 0) is 24.0 Å². The standard InChI is InChI=1S/C32H48N4O6/c1-19(2)17-23(36(9)29(41)26(31(3,4)5)35-30(42)32(6,7)8)28(40)34-22(18-21-15-16-33-27(21)39)25(38)24(37)20-13-11-10-12-14-20/h10-14,19,21-23,26H,15-18H2,1-9H3,(H,33,39)(H,34,40)(H,35,42)/t21?,22?,23-,26+/m0/s1. The number of ketones is 2. The molecule has 232 valence electrons. The normalized spacial score (nSPS) is 17.6. The maximum atomic E-state index is 13.9. The van der Waals surface area contributed by atoms with E-state index in [-0.39, 0.29) is 36.1 Å². The van der Waals surface area contributed by atoms with E-state index in [1.165, 1.54) is 24.1 Å². The van der Waals surface area contributed by atoms with Crippen LogP contribution >= 0.6 is 0 Å². The predicted octanol–water partition coefficient (Wildman–Crippen LogP) is 2.90. The Labute approximate surface area is 249 Å². The zero-order valence-corrected chi connectivity index (χ0v) is 26.5. The van der Waals surface area contributed by atoms with Gasteiger partial charge in [-0.3, -0.25) is 28.8 Å². The van der Waals surface area contributed by atoms with E-state index < -0.39 is 58.3 Å². The second-order valence-corrected chi connectivity index (χ2v) is 13.7. The highest BCUT2D eigenvalue weighted by Gasteiger charge is 2.41. The van der Waals surface area contributed by atoms with Crippen LogP contribution < -0.4 is 16.0 Å². The quantitative estimate of drug-likeness (QED) is 0.255. The summed E-state index contributed by atoms with van der Waals surface area (Å²) in [6, 6.07) is 4.88. The number of hydrogen-bond donors (Lipinski definition) is 3. The van der Waals surface area contributed by atoms with Crippen LogP contribution in [0.25, 0.3) is 0 Å². The van der Waals surface area contributed by atoms with Gasteiger partial charge in [-0.25, -0.2) is 0 Å². The molecule has 1 heterocycles. The van der Waals surface area contributed by atoms with Gasteiger partial charge in [0.25, 0.3) is 0 Å². The summed E-state index contributed by atoms with van der Waals surface area (Å²) in [7, 11) is 1.51. The van der Waals surface area contributed by atoms with Gasteiger partial charge in [0.15, 0.2) is 0 Å². The Morgan fingerprint density at radius 2 is 1.57 bits per heavy atom. The van der Waals surface area contributed by atoms with Crippen LogP contribution in [0.1, 0.15) is 85.0 Å². The summed E-state index contributed by atoms with van der Waals surface area (Å²) in [5, 5.41) is 8.32. The maximum absolute atomic E-state index is 13.9. The third kappa shape index (κ3) is 9.22. The molecule has 42 heavy (non-hydrogen) atoms. The summed E-state index contributed by atoms with van der Waals surface area (Å²) in [4.78, 5) is 80.8. The Balaban J connectivity index is 2.39. The molecule has 1 aromatic carbocycles. The number of carbonyl (C=O) groups excluding carboxylic acids is 6. The van der Waals surface area contributed by atoms with Gasteiger partial charge >= 0.3 is 0 Å². The summed E-state index contributed by atoms with van der Waals surface area (Å²) < 4.78 is 0. The molecule has 0 aromatic heterocycles. The Hall–Kier alpha value is -3.56. The van der Waals surface area contributed by atoms with Crippen LogP contribution in [-0.4, -0.2) is 71.8 Å². The zero-order chi connectivity index (χ0) is 32.0. The molecule has 2 unspecified atom stereocenters. The molecule has 2 rings (SSSR count). The van der Waals surface area contributed by atoms with Gasteiger partial charge in [0.05, 0.1) is 6.04 Å². The fourth-order valence-corrected chi connectivity index (χ4v) is 4.78. The molecule has 0 saturated carbocycles. The van der Waals surface area contributed by atoms with Gasteiger partial charge in [-0.2, -0.15) is 0 Å². The van der Waals surface area contributed by atoms with E-state index in [1.807, 2.05) is 34.6 Å². The highest BCUT2D eigenvalue weighted by Crippen LogP contribution is 2.25. The fourth-order valence-electron chi connectivity index (χ4n) is 4.78. The number of hydrogen-bond acceptors (Lipinski definition) is 6. The van der Waals surface area contributed by atoms with Crippen LogP contribution in [0.3, 0.4) is 0 Å². The lowest BCUT2D eigenvalue weighted by molar-refractivity contribution is -0.146. The Morgan fingerprint density at radius 3 is 2.05 bits per heavy atom. The zero-order valence-electron chi connectivity index (χ0n) is 26.5. The average Bonchev–Trinajstić information content (AvgIpc) is 3.31. The number of Topliss-reactive ketones (excluding diaryl/α,β-unsaturated/α-hetero) is 2. The van der Waals surface area contributed by atoms with Gasteiger partial charge in [0, 0.05) is 30.5 Å². The summed E-state index contributed by atoms with van der Waals surface area (Å²) in [6.45, 7) is 15.0. The number of carbonyl (C=O) groups is 6. The maximum Gasteiger partial charge on any atom is 0.246 e. The summed E-state index contributed by atoms with van der Waals surface area (Å²) in [5.74, 6) is -3.71. The molecule has 1 aliphatic rings. The molecule has 3 N–H and O–H groups in total. The van der Waals surface area contributed by atoms with E-state index in [4.69, 9.17) is 0 Å². The van der Waals surface area contributed by atoms with E-state index in [1.54, 1.807) is 39.0 Å². The van der Waals surface area contributed by atoms with Gasteiger partial charge in [-0.1, -0.05) is 85.7 Å². The molecule has 10 nitrogen and oxygen atoms in total. The largest absolute Gasteiger partial charge is 0.356 e. The van der Waals surface area contributed by atoms with Crippen molar-refractivity contribution in [2.45, 2.75) is 92.8 Å². The molecule has 0 radical (unpaired) electrons. The first-order valence-corrected chi connectivity index (χ1v) is 14.6. The molecule has 1 fully saturated rings. The molecule has 0 spiro atoms. The number of benzene rings is 1. The van der Waals surface area contributed by atoms with E-state index in [2.05, 4.69) is 16.0 Å². The van der Waals surface area contributed by atoms with Gasteiger partial charge in [-0.05, 0) is 30.6 Å². The minimum Gasteiger partial charge on any atom is -0.356 e. The summed E-state index contributed by atoms with van der Waals surface area (Å²) in [5.41, 5.74) is -1.21. The lowest BCUT2D eigenvalue weighted by Crippen LogP contribution is -2.60. The van der Waals surface area contributed by atoms with Crippen molar-refractivity contribution in [1.29, 1.82) is 0 Å². The predicted molar refractivity (Wildman–Crippen MR) is 160 cm³/mol. The number of rotatable bonds is 12. The van der Waals surface area contributed by atoms with Crippen LogP contribution in [0.5, 0.6) is 0 Å². The summed E-state index contributed by atoms with van der Waals surface area (Å²) in [6.07, 6.45) is 0.718. The summed E-state index contributed by atoms with van der Waals surface area (Å²) >= 11 is 0. The highest BCUT2D eigenvalue weighted by atomic mass is 16.2. The van der Waals surface area contributed by atoms with Crippen molar-refractivity contribution in [1.82, 2.24) is 20.9 Å².